The van der Waals surface area contributed by atoms with Crippen LogP contribution >= 0.6 is 0 Å². The van der Waals surface area contributed by atoms with Crippen LogP contribution in [0, 0.1) is 6.92 Å². The van der Waals surface area contributed by atoms with E-state index in [1.807, 2.05) is 6.92 Å². The van der Waals surface area contributed by atoms with Crippen molar-refractivity contribution in [1.82, 2.24) is 9.97 Å². The van der Waals surface area contributed by atoms with Gasteiger partial charge in [-0.05, 0) is 13.8 Å². The van der Waals surface area contributed by atoms with Crippen molar-refractivity contribution >= 4 is 11.8 Å². The molecule has 0 aromatic carbocycles. The molecule has 0 aliphatic heterocycles. The van der Waals surface area contributed by atoms with Crippen LogP contribution in [0.15, 0.2) is 0 Å². The first-order valence-corrected chi connectivity index (χ1v) is 5.39. The maximum Gasteiger partial charge on any atom is 0.343 e. The number of anilines is 1. The Morgan fingerprint density at radius 1 is 1.41 bits per heavy atom. The van der Waals surface area contributed by atoms with Gasteiger partial charge in [-0.25, -0.2) is 14.8 Å². The lowest BCUT2D eigenvalue weighted by atomic mass is 10.2. The van der Waals surface area contributed by atoms with Gasteiger partial charge in [0.15, 0.2) is 0 Å². The molecule has 1 heterocycles. The molecule has 1 aromatic rings. The van der Waals surface area contributed by atoms with Crippen molar-refractivity contribution in [1.29, 1.82) is 0 Å². The third-order valence-corrected chi connectivity index (χ3v) is 2.23. The van der Waals surface area contributed by atoms with Crippen LogP contribution in [0.1, 0.15) is 28.8 Å². The number of aromatic nitrogens is 2. The molecule has 17 heavy (non-hydrogen) atoms. The molecule has 0 unspecified atom stereocenters. The SMILES string of the molecule is CCOCCc1nc(C)c(C(=O)OC)c(N)n1. The number of aryl methyl sites for hydroxylation is 1. The molecule has 6 nitrogen and oxygen atoms in total. The zero-order valence-corrected chi connectivity index (χ0v) is 10.3. The average Bonchev–Trinajstić information content (AvgIpc) is 2.28. The van der Waals surface area contributed by atoms with Crippen LogP contribution in [0.2, 0.25) is 0 Å². The number of nitrogens with zero attached hydrogens (tertiary/aromatic N) is 2. The summed E-state index contributed by atoms with van der Waals surface area (Å²) in [6.45, 7) is 4.80. The number of carbonyl (C=O) groups is 1. The molecule has 0 radical (unpaired) electrons. The number of hydrogen-bond acceptors (Lipinski definition) is 6. The number of rotatable bonds is 5. The second kappa shape index (κ2) is 6.15. The van der Waals surface area contributed by atoms with Crippen molar-refractivity contribution in [3.05, 3.63) is 17.1 Å². The summed E-state index contributed by atoms with van der Waals surface area (Å²) in [5.74, 6) is 0.202. The normalized spacial score (nSPS) is 10.3. The topological polar surface area (TPSA) is 87.3 Å². The molecule has 6 heteroatoms. The molecule has 0 atom stereocenters. The number of esters is 1. The van der Waals surface area contributed by atoms with E-state index in [0.717, 1.165) is 0 Å². The number of methoxy groups -OCH3 is 1. The lowest BCUT2D eigenvalue weighted by molar-refractivity contribution is 0.0600. The van der Waals surface area contributed by atoms with Gasteiger partial charge in [-0.2, -0.15) is 0 Å². The number of carbonyl (C=O) groups excluding carboxylic acids is 1. The summed E-state index contributed by atoms with van der Waals surface area (Å²) in [5.41, 5.74) is 6.46. The summed E-state index contributed by atoms with van der Waals surface area (Å²) in [6.07, 6.45) is 0.570. The van der Waals surface area contributed by atoms with Crippen LogP contribution in [-0.4, -0.2) is 36.3 Å². The van der Waals surface area contributed by atoms with Gasteiger partial charge in [-0.15, -0.1) is 0 Å². The Balaban J connectivity index is 2.89. The summed E-state index contributed by atoms with van der Waals surface area (Å²) in [4.78, 5) is 19.7. The Kier molecular flexibility index (Phi) is 4.84. The van der Waals surface area contributed by atoms with Gasteiger partial charge < -0.3 is 15.2 Å². The Morgan fingerprint density at radius 3 is 2.65 bits per heavy atom. The highest BCUT2D eigenvalue weighted by atomic mass is 16.5. The summed E-state index contributed by atoms with van der Waals surface area (Å²) in [6, 6.07) is 0. The van der Waals surface area contributed by atoms with Crippen LogP contribution in [-0.2, 0) is 15.9 Å². The van der Waals surface area contributed by atoms with E-state index in [1.54, 1.807) is 6.92 Å². The van der Waals surface area contributed by atoms with Crippen molar-refractivity contribution in [2.75, 3.05) is 26.1 Å². The molecule has 0 amide bonds. The standard InChI is InChI=1S/C11H17N3O3/c1-4-17-6-5-8-13-7(2)9(10(12)14-8)11(15)16-3/h4-6H2,1-3H3,(H2,12,13,14). The largest absolute Gasteiger partial charge is 0.465 e. The monoisotopic (exact) mass is 239 g/mol. The number of nitrogens with two attached hydrogens (primary N) is 1. The molecular formula is C11H17N3O3. The van der Waals surface area contributed by atoms with E-state index in [2.05, 4.69) is 14.7 Å². The van der Waals surface area contributed by atoms with Gasteiger partial charge in [0.1, 0.15) is 17.2 Å². The average molecular weight is 239 g/mol. The molecule has 0 saturated heterocycles. The first-order valence-electron chi connectivity index (χ1n) is 5.39. The van der Waals surface area contributed by atoms with E-state index in [0.29, 0.717) is 31.2 Å². The molecule has 0 aliphatic carbocycles. The second-order valence-corrected chi connectivity index (χ2v) is 3.42. The molecule has 1 rings (SSSR count). The van der Waals surface area contributed by atoms with E-state index in [4.69, 9.17) is 10.5 Å². The van der Waals surface area contributed by atoms with Gasteiger partial charge in [0.05, 0.1) is 19.4 Å². The molecule has 2 N–H and O–H groups in total. The first kappa shape index (κ1) is 13.4. The quantitative estimate of drug-likeness (QED) is 0.602. The summed E-state index contributed by atoms with van der Waals surface area (Å²) in [7, 11) is 1.30. The minimum atomic E-state index is -0.517. The van der Waals surface area contributed by atoms with Gasteiger partial charge in [0.2, 0.25) is 0 Å². The maximum atomic E-state index is 11.4. The van der Waals surface area contributed by atoms with Crippen molar-refractivity contribution in [2.24, 2.45) is 0 Å². The van der Waals surface area contributed by atoms with Gasteiger partial charge >= 0.3 is 5.97 Å². The minimum Gasteiger partial charge on any atom is -0.465 e. The lowest BCUT2D eigenvalue weighted by Crippen LogP contribution is -2.14. The van der Waals surface area contributed by atoms with Gasteiger partial charge in [0.25, 0.3) is 0 Å². The minimum absolute atomic E-state index is 0.149. The third-order valence-electron chi connectivity index (χ3n) is 2.23. The fourth-order valence-electron chi connectivity index (χ4n) is 1.43. The molecule has 0 fully saturated rings. The highest BCUT2D eigenvalue weighted by Crippen LogP contribution is 2.14. The van der Waals surface area contributed by atoms with E-state index in [1.165, 1.54) is 7.11 Å². The van der Waals surface area contributed by atoms with Crippen molar-refractivity contribution in [3.63, 3.8) is 0 Å². The van der Waals surface area contributed by atoms with Crippen molar-refractivity contribution in [3.8, 4) is 0 Å². The zero-order valence-electron chi connectivity index (χ0n) is 10.3. The van der Waals surface area contributed by atoms with Gasteiger partial charge in [0, 0.05) is 13.0 Å². The number of ether oxygens (including phenoxy) is 2. The number of hydrogen-bond donors (Lipinski definition) is 1. The second-order valence-electron chi connectivity index (χ2n) is 3.42. The molecule has 0 spiro atoms. The Bertz CT molecular complexity index is 384. The van der Waals surface area contributed by atoms with Crippen LogP contribution in [0.5, 0.6) is 0 Å². The molecule has 0 aliphatic rings. The highest BCUT2D eigenvalue weighted by molar-refractivity contribution is 5.95. The van der Waals surface area contributed by atoms with Gasteiger partial charge in [-0.3, -0.25) is 0 Å². The van der Waals surface area contributed by atoms with Gasteiger partial charge in [-0.1, -0.05) is 0 Å². The van der Waals surface area contributed by atoms with Crippen LogP contribution in [0.4, 0.5) is 5.82 Å². The van der Waals surface area contributed by atoms with E-state index in [-0.39, 0.29) is 11.4 Å². The predicted molar refractivity (Wildman–Crippen MR) is 62.7 cm³/mol. The summed E-state index contributed by atoms with van der Waals surface area (Å²) < 4.78 is 9.82. The Labute approximate surface area is 100 Å². The van der Waals surface area contributed by atoms with E-state index in [9.17, 15) is 4.79 Å². The van der Waals surface area contributed by atoms with Crippen molar-refractivity contribution < 1.29 is 14.3 Å². The molecule has 0 saturated carbocycles. The lowest BCUT2D eigenvalue weighted by Gasteiger charge is -2.08. The van der Waals surface area contributed by atoms with Crippen LogP contribution < -0.4 is 5.73 Å². The summed E-state index contributed by atoms with van der Waals surface area (Å²) >= 11 is 0. The third kappa shape index (κ3) is 3.39. The number of nitrogen functional groups attached to an aromatic ring is 1. The molecule has 94 valence electrons. The first-order chi connectivity index (χ1) is 8.10. The molecule has 0 bridgehead atoms. The van der Waals surface area contributed by atoms with E-state index >= 15 is 0 Å². The Hall–Kier alpha value is -1.69. The maximum absolute atomic E-state index is 11.4. The highest BCUT2D eigenvalue weighted by Gasteiger charge is 2.17. The molecule has 1 aromatic heterocycles. The van der Waals surface area contributed by atoms with Crippen LogP contribution in [0.25, 0.3) is 0 Å². The smallest absolute Gasteiger partial charge is 0.343 e. The fraction of sp³-hybridized carbons (Fsp3) is 0.545. The van der Waals surface area contributed by atoms with E-state index < -0.39 is 5.97 Å². The molecular weight excluding hydrogens is 222 g/mol. The zero-order chi connectivity index (χ0) is 12.8. The predicted octanol–water partition coefficient (Wildman–Crippen LogP) is 0.733. The van der Waals surface area contributed by atoms with Crippen LogP contribution in [0.3, 0.4) is 0 Å². The fourth-order valence-corrected chi connectivity index (χ4v) is 1.43. The summed E-state index contributed by atoms with van der Waals surface area (Å²) in [5, 5.41) is 0. The van der Waals surface area contributed by atoms with Crippen molar-refractivity contribution in [2.45, 2.75) is 20.3 Å². The Morgan fingerprint density at radius 2 is 2.12 bits per heavy atom.